The number of carbonyl (C=O) groups is 2. The fraction of sp³-hybridized carbons (Fsp3) is 0.300. The Morgan fingerprint density at radius 3 is 2.69 bits per heavy atom. The Balaban J connectivity index is 2.26. The Morgan fingerprint density at radius 2 is 2.08 bits per heavy atom. The van der Waals surface area contributed by atoms with Crippen molar-refractivity contribution in [3.05, 3.63) is 58.1 Å². The molecule has 0 saturated carbocycles. The largest absolute Gasteiger partial charge is 0.503 e. The predicted octanol–water partition coefficient (Wildman–Crippen LogP) is 4.61. The molecule has 0 saturated heterocycles. The van der Waals surface area contributed by atoms with Crippen molar-refractivity contribution < 1.29 is 19.4 Å². The molecule has 6 heteroatoms. The summed E-state index contributed by atoms with van der Waals surface area (Å²) in [7, 11) is 1.46. The Labute approximate surface area is 168 Å². The molecule has 3 atom stereocenters. The first-order chi connectivity index (χ1) is 12.2. The van der Waals surface area contributed by atoms with Crippen LogP contribution in [-0.2, 0) is 9.59 Å². The third-order valence-electron chi connectivity index (χ3n) is 5.12. The zero-order valence-electron chi connectivity index (χ0n) is 14.4. The number of aromatic hydroxyl groups is 1. The summed E-state index contributed by atoms with van der Waals surface area (Å²) >= 11 is 6.99. The molecule has 1 N–H and O–H groups in total. The lowest BCUT2D eigenvalue weighted by Crippen LogP contribution is -2.52. The van der Waals surface area contributed by atoms with Crippen molar-refractivity contribution in [3.63, 3.8) is 0 Å². The third-order valence-corrected chi connectivity index (χ3v) is 7.13. The number of fused-ring (bicyclic) bond motifs is 1. The number of allylic oxidation sites excluding steroid dienone is 5. The number of benzene rings is 1. The summed E-state index contributed by atoms with van der Waals surface area (Å²) in [5, 5.41) is 10.1. The first-order valence-corrected chi connectivity index (χ1v) is 9.69. The molecule has 4 nitrogen and oxygen atoms in total. The summed E-state index contributed by atoms with van der Waals surface area (Å²) in [4.78, 5) is 25.8. The zero-order chi connectivity index (χ0) is 19.2. The van der Waals surface area contributed by atoms with Crippen molar-refractivity contribution >= 4 is 43.4 Å². The molecular weight excluding hydrogens is 464 g/mol. The van der Waals surface area contributed by atoms with Crippen LogP contribution in [0.2, 0.25) is 0 Å². The molecule has 3 unspecified atom stereocenters. The van der Waals surface area contributed by atoms with E-state index in [1.165, 1.54) is 13.2 Å². The van der Waals surface area contributed by atoms with Gasteiger partial charge in [0.05, 0.1) is 11.6 Å². The summed E-state index contributed by atoms with van der Waals surface area (Å²) in [5.41, 5.74) is 2.08. The van der Waals surface area contributed by atoms with Crippen LogP contribution in [0.25, 0.3) is 0 Å². The minimum absolute atomic E-state index is 0.0156. The Bertz CT molecular complexity index is 884. The lowest BCUT2D eigenvalue weighted by atomic mass is 9.63. The number of halogens is 2. The van der Waals surface area contributed by atoms with Gasteiger partial charge in [0.2, 0.25) is 0 Å². The van der Waals surface area contributed by atoms with Gasteiger partial charge in [-0.2, -0.15) is 0 Å². The molecule has 0 fully saturated rings. The summed E-state index contributed by atoms with van der Waals surface area (Å²) < 4.78 is 4.62. The third kappa shape index (κ3) is 2.70. The molecule has 136 valence electrons. The molecule has 1 aromatic rings. The maximum Gasteiger partial charge on any atom is 0.174 e. The molecule has 0 radical (unpaired) electrons. The smallest absolute Gasteiger partial charge is 0.174 e. The van der Waals surface area contributed by atoms with Gasteiger partial charge in [0, 0.05) is 11.8 Å². The minimum atomic E-state index is -1.09. The molecule has 26 heavy (non-hydrogen) atoms. The maximum atomic E-state index is 13.0. The van der Waals surface area contributed by atoms with E-state index in [4.69, 9.17) is 4.74 Å². The van der Waals surface area contributed by atoms with E-state index in [2.05, 4.69) is 38.4 Å². The van der Waals surface area contributed by atoms with E-state index in [9.17, 15) is 14.7 Å². The van der Waals surface area contributed by atoms with Crippen molar-refractivity contribution in [2.75, 3.05) is 7.11 Å². The first kappa shape index (κ1) is 19.1. The fourth-order valence-corrected chi connectivity index (χ4v) is 5.30. The van der Waals surface area contributed by atoms with Crippen molar-refractivity contribution in [1.82, 2.24) is 0 Å². The van der Waals surface area contributed by atoms with E-state index in [0.717, 1.165) is 11.1 Å². The average Bonchev–Trinajstić information content (AvgIpc) is 2.61. The molecule has 2 aliphatic carbocycles. The van der Waals surface area contributed by atoms with Crippen LogP contribution in [0.15, 0.2) is 52.6 Å². The van der Waals surface area contributed by atoms with E-state index >= 15 is 0 Å². The number of methoxy groups -OCH3 is 1. The van der Waals surface area contributed by atoms with Gasteiger partial charge < -0.3 is 9.84 Å². The van der Waals surface area contributed by atoms with E-state index < -0.39 is 16.2 Å². The topological polar surface area (TPSA) is 63.6 Å². The fourth-order valence-electron chi connectivity index (χ4n) is 3.80. The van der Waals surface area contributed by atoms with Crippen LogP contribution in [0, 0.1) is 5.92 Å². The lowest BCUT2D eigenvalue weighted by molar-refractivity contribution is -0.128. The number of hydrogen-bond acceptors (Lipinski definition) is 4. The number of ether oxygens (including phenoxy) is 1. The number of carbonyl (C=O) groups excluding carboxylic acids is 2. The number of alkyl halides is 1. The van der Waals surface area contributed by atoms with E-state index in [0.29, 0.717) is 16.5 Å². The van der Waals surface area contributed by atoms with E-state index in [1.54, 1.807) is 25.1 Å². The lowest BCUT2D eigenvalue weighted by Gasteiger charge is -2.45. The van der Waals surface area contributed by atoms with E-state index in [1.807, 2.05) is 6.08 Å². The maximum absolute atomic E-state index is 13.0. The Kier molecular flexibility index (Phi) is 5.01. The average molecular weight is 482 g/mol. The monoisotopic (exact) mass is 480 g/mol. The van der Waals surface area contributed by atoms with Crippen LogP contribution in [0.5, 0.6) is 11.5 Å². The van der Waals surface area contributed by atoms with Crippen LogP contribution >= 0.6 is 31.9 Å². The number of phenols is 1. The van der Waals surface area contributed by atoms with Gasteiger partial charge in [0.1, 0.15) is 4.32 Å². The number of Topliss-reactive ketones (excluding diaryl/α,β-unsaturated/α-hetero) is 1. The highest BCUT2D eigenvalue weighted by Gasteiger charge is 2.56. The second kappa shape index (κ2) is 6.82. The Hall–Kier alpha value is -1.66. The van der Waals surface area contributed by atoms with Gasteiger partial charge in [-0.15, -0.1) is 0 Å². The second-order valence-corrected chi connectivity index (χ2v) is 8.67. The van der Waals surface area contributed by atoms with Crippen LogP contribution in [-0.4, -0.2) is 28.1 Å². The van der Waals surface area contributed by atoms with Gasteiger partial charge in [-0.3, -0.25) is 9.59 Å². The molecule has 2 aliphatic rings. The van der Waals surface area contributed by atoms with Crippen molar-refractivity contribution in [3.8, 4) is 11.5 Å². The normalized spacial score (nSPS) is 28.2. The molecule has 0 heterocycles. The quantitative estimate of drug-likeness (QED) is 0.640. The first-order valence-electron chi connectivity index (χ1n) is 8.10. The number of ketones is 2. The van der Waals surface area contributed by atoms with Gasteiger partial charge in [0.25, 0.3) is 0 Å². The predicted molar refractivity (Wildman–Crippen MR) is 107 cm³/mol. The zero-order valence-corrected chi connectivity index (χ0v) is 17.6. The van der Waals surface area contributed by atoms with Crippen molar-refractivity contribution in [2.45, 2.75) is 23.6 Å². The SMILES string of the molecule is C=CC1=CCC2C(=O)C(C)=CC(=O)C2(Br)C1c1cc(Br)c(O)c(OC)c1. The van der Waals surface area contributed by atoms with Gasteiger partial charge in [-0.05, 0) is 64.2 Å². The van der Waals surface area contributed by atoms with Gasteiger partial charge in [0.15, 0.2) is 23.1 Å². The highest BCUT2D eigenvalue weighted by molar-refractivity contribution is 9.10. The highest BCUT2D eigenvalue weighted by Crippen LogP contribution is 2.55. The van der Waals surface area contributed by atoms with Crippen LogP contribution in [0.3, 0.4) is 0 Å². The minimum Gasteiger partial charge on any atom is -0.503 e. The molecular formula is C20H18Br2O4. The summed E-state index contributed by atoms with van der Waals surface area (Å²) in [6, 6.07) is 3.44. The number of rotatable bonds is 3. The standard InChI is InChI=1S/C20H18Br2O4/c1-4-11-5-6-13-18(24)10(2)7-16(23)20(13,22)17(11)12-8-14(21)19(25)15(9-12)26-3/h4-5,7-9,13,17,25H,1,6H2,2-3H3. The van der Waals surface area contributed by atoms with Crippen LogP contribution < -0.4 is 4.74 Å². The molecule has 3 rings (SSSR count). The van der Waals surface area contributed by atoms with Crippen molar-refractivity contribution in [1.29, 1.82) is 0 Å². The van der Waals surface area contributed by atoms with E-state index in [-0.39, 0.29) is 23.1 Å². The molecule has 1 aromatic carbocycles. The highest BCUT2D eigenvalue weighted by atomic mass is 79.9. The summed E-state index contributed by atoms with van der Waals surface area (Å²) in [5.74, 6) is -0.830. The van der Waals surface area contributed by atoms with Crippen LogP contribution in [0.1, 0.15) is 24.8 Å². The van der Waals surface area contributed by atoms with Crippen LogP contribution in [0.4, 0.5) is 0 Å². The Morgan fingerprint density at radius 1 is 1.38 bits per heavy atom. The second-order valence-electron chi connectivity index (χ2n) is 6.51. The molecule has 0 amide bonds. The molecule has 0 bridgehead atoms. The molecule has 0 aromatic heterocycles. The number of phenolic OH excluding ortho intramolecular Hbond substituents is 1. The van der Waals surface area contributed by atoms with Gasteiger partial charge >= 0.3 is 0 Å². The number of hydrogen-bond donors (Lipinski definition) is 1. The molecule has 0 spiro atoms. The summed E-state index contributed by atoms with van der Waals surface area (Å²) in [6.45, 7) is 5.55. The summed E-state index contributed by atoms with van der Waals surface area (Å²) in [6.07, 6.45) is 5.55. The molecule has 0 aliphatic heterocycles. The van der Waals surface area contributed by atoms with Gasteiger partial charge in [-0.1, -0.05) is 34.7 Å². The van der Waals surface area contributed by atoms with Crippen molar-refractivity contribution in [2.24, 2.45) is 5.92 Å². The van der Waals surface area contributed by atoms with Gasteiger partial charge in [-0.25, -0.2) is 0 Å².